The van der Waals surface area contributed by atoms with Crippen LogP contribution in [0.4, 0.5) is 4.79 Å². The van der Waals surface area contributed by atoms with Gasteiger partial charge in [0, 0.05) is 19.5 Å². The van der Waals surface area contributed by atoms with E-state index in [0.717, 1.165) is 11.3 Å². The molecule has 2 rings (SSSR count). The van der Waals surface area contributed by atoms with E-state index in [4.69, 9.17) is 9.84 Å². The minimum Gasteiger partial charge on any atom is -0.497 e. The second-order valence-electron chi connectivity index (χ2n) is 5.70. The van der Waals surface area contributed by atoms with Gasteiger partial charge in [0.05, 0.1) is 13.7 Å². The monoisotopic (exact) mass is 349 g/mol. The van der Waals surface area contributed by atoms with Crippen molar-refractivity contribution in [3.05, 3.63) is 29.8 Å². The maximum absolute atomic E-state index is 12.3. The first kappa shape index (κ1) is 18.7. The lowest BCUT2D eigenvalue weighted by Gasteiger charge is -2.13. The molecule has 1 aliphatic rings. The molecule has 8 heteroatoms. The number of rotatable bonds is 9. The Morgan fingerprint density at radius 3 is 2.68 bits per heavy atom. The Balaban J connectivity index is 1.82. The van der Waals surface area contributed by atoms with Crippen LogP contribution in [0, 0.1) is 0 Å². The summed E-state index contributed by atoms with van der Waals surface area (Å²) in [7, 11) is 1.59. The molecule has 136 valence electrons. The van der Waals surface area contributed by atoms with Gasteiger partial charge < -0.3 is 20.5 Å². The Labute approximate surface area is 146 Å². The van der Waals surface area contributed by atoms with E-state index in [9.17, 15) is 14.4 Å². The van der Waals surface area contributed by atoms with E-state index in [0.29, 0.717) is 6.42 Å². The van der Waals surface area contributed by atoms with Gasteiger partial charge in [-0.05, 0) is 30.5 Å². The maximum atomic E-state index is 12.3. The minimum atomic E-state index is -0.678. The van der Waals surface area contributed by atoms with Gasteiger partial charge in [-0.2, -0.15) is 0 Å². The first-order valence-electron chi connectivity index (χ1n) is 8.17. The van der Waals surface area contributed by atoms with Crippen LogP contribution in [0.25, 0.3) is 0 Å². The average Bonchev–Trinajstić information content (AvgIpc) is 2.90. The lowest BCUT2D eigenvalue weighted by atomic mass is 10.1. The Bertz CT molecular complexity index is 617. The lowest BCUT2D eigenvalue weighted by Crippen LogP contribution is -2.34. The maximum Gasteiger partial charge on any atom is 0.324 e. The molecule has 1 saturated heterocycles. The number of carbonyl (C=O) groups is 3. The van der Waals surface area contributed by atoms with E-state index in [2.05, 4.69) is 10.6 Å². The molecule has 1 heterocycles. The molecule has 0 bridgehead atoms. The molecule has 0 radical (unpaired) electrons. The number of urea groups is 1. The summed E-state index contributed by atoms with van der Waals surface area (Å²) < 4.78 is 5.09. The summed E-state index contributed by atoms with van der Waals surface area (Å²) in [5, 5.41) is 13.8. The Morgan fingerprint density at radius 1 is 1.32 bits per heavy atom. The standard InChI is InChI=1S/C17H23N3O5/c1-25-13-4-2-12(3-5-13)8-10-20-16(23)14(19-17(20)24)6-7-15(22)18-9-11-21/h2-5,14,21H,6-11H2,1H3,(H,18,22)(H,19,24)/t14-/m0/s1. The molecule has 8 nitrogen and oxygen atoms in total. The van der Waals surface area contributed by atoms with E-state index in [-0.39, 0.29) is 44.4 Å². The van der Waals surface area contributed by atoms with Crippen molar-refractivity contribution in [1.29, 1.82) is 0 Å². The molecular formula is C17H23N3O5. The van der Waals surface area contributed by atoms with Gasteiger partial charge in [-0.3, -0.25) is 14.5 Å². The fourth-order valence-corrected chi connectivity index (χ4v) is 2.58. The normalized spacial score (nSPS) is 16.7. The molecular weight excluding hydrogens is 326 g/mol. The molecule has 3 N–H and O–H groups in total. The zero-order valence-corrected chi connectivity index (χ0v) is 14.2. The zero-order valence-electron chi connectivity index (χ0n) is 14.2. The van der Waals surface area contributed by atoms with Crippen molar-refractivity contribution in [1.82, 2.24) is 15.5 Å². The highest BCUT2D eigenvalue weighted by Crippen LogP contribution is 2.15. The van der Waals surface area contributed by atoms with Gasteiger partial charge >= 0.3 is 6.03 Å². The zero-order chi connectivity index (χ0) is 18.2. The molecule has 25 heavy (non-hydrogen) atoms. The summed E-state index contributed by atoms with van der Waals surface area (Å²) in [6.45, 7) is 0.325. The SMILES string of the molecule is COc1ccc(CCN2C(=O)N[C@@H](CCC(=O)NCCO)C2=O)cc1. The Hall–Kier alpha value is -2.61. The number of imide groups is 1. The third-order valence-corrected chi connectivity index (χ3v) is 3.98. The molecule has 1 fully saturated rings. The number of nitrogens with zero attached hydrogens (tertiary/aromatic N) is 1. The van der Waals surface area contributed by atoms with E-state index in [1.807, 2.05) is 24.3 Å². The van der Waals surface area contributed by atoms with Crippen LogP contribution in [0.3, 0.4) is 0 Å². The summed E-state index contributed by atoms with van der Waals surface area (Å²) in [5.74, 6) is 0.180. The number of hydrogen-bond donors (Lipinski definition) is 3. The topological polar surface area (TPSA) is 108 Å². The van der Waals surface area contributed by atoms with E-state index < -0.39 is 12.1 Å². The van der Waals surface area contributed by atoms with Gasteiger partial charge in [0.1, 0.15) is 11.8 Å². The number of hydrogen-bond acceptors (Lipinski definition) is 5. The van der Waals surface area contributed by atoms with Crippen LogP contribution in [0.15, 0.2) is 24.3 Å². The summed E-state index contributed by atoms with van der Waals surface area (Å²) in [5.41, 5.74) is 0.994. The number of amides is 4. The van der Waals surface area contributed by atoms with Crippen molar-refractivity contribution in [3.63, 3.8) is 0 Å². The highest BCUT2D eigenvalue weighted by atomic mass is 16.5. The van der Waals surface area contributed by atoms with Gasteiger partial charge in [-0.25, -0.2) is 4.79 Å². The number of benzene rings is 1. The number of nitrogens with one attached hydrogen (secondary N) is 2. The molecule has 0 unspecified atom stereocenters. The molecule has 0 aliphatic carbocycles. The Kier molecular flexibility index (Phi) is 6.76. The van der Waals surface area contributed by atoms with Crippen LogP contribution in [-0.4, -0.2) is 60.7 Å². The molecule has 0 saturated carbocycles. The number of aliphatic hydroxyl groups is 1. The molecule has 4 amide bonds. The molecule has 0 aromatic heterocycles. The van der Waals surface area contributed by atoms with Crippen molar-refractivity contribution in [2.45, 2.75) is 25.3 Å². The average molecular weight is 349 g/mol. The van der Waals surface area contributed by atoms with Crippen molar-refractivity contribution in [2.24, 2.45) is 0 Å². The predicted octanol–water partition coefficient (Wildman–Crippen LogP) is 0.0468. The first-order chi connectivity index (χ1) is 12.0. The summed E-state index contributed by atoms with van der Waals surface area (Å²) in [6.07, 6.45) is 0.900. The van der Waals surface area contributed by atoms with Crippen molar-refractivity contribution < 1.29 is 24.2 Å². The fourth-order valence-electron chi connectivity index (χ4n) is 2.58. The van der Waals surface area contributed by atoms with Crippen LogP contribution in [-0.2, 0) is 16.0 Å². The highest BCUT2D eigenvalue weighted by Gasteiger charge is 2.37. The highest BCUT2D eigenvalue weighted by molar-refractivity contribution is 6.04. The molecule has 0 spiro atoms. The van der Waals surface area contributed by atoms with Gasteiger partial charge in [-0.15, -0.1) is 0 Å². The molecule has 1 aliphatic heterocycles. The van der Waals surface area contributed by atoms with Gasteiger partial charge in [0.25, 0.3) is 5.91 Å². The number of aliphatic hydroxyl groups excluding tert-OH is 1. The van der Waals surface area contributed by atoms with Gasteiger partial charge in [-0.1, -0.05) is 12.1 Å². The smallest absolute Gasteiger partial charge is 0.324 e. The lowest BCUT2D eigenvalue weighted by molar-refractivity contribution is -0.127. The third kappa shape index (κ3) is 5.18. The Morgan fingerprint density at radius 2 is 2.04 bits per heavy atom. The quantitative estimate of drug-likeness (QED) is 0.546. The third-order valence-electron chi connectivity index (χ3n) is 3.98. The summed E-state index contributed by atoms with van der Waals surface area (Å²) >= 11 is 0. The molecule has 1 atom stereocenters. The molecule has 1 aromatic rings. The first-order valence-corrected chi connectivity index (χ1v) is 8.17. The second kappa shape index (κ2) is 9.03. The van der Waals surface area contributed by atoms with Crippen LogP contribution >= 0.6 is 0 Å². The van der Waals surface area contributed by atoms with E-state index >= 15 is 0 Å². The largest absolute Gasteiger partial charge is 0.497 e. The van der Waals surface area contributed by atoms with Crippen molar-refractivity contribution in [3.8, 4) is 5.75 Å². The van der Waals surface area contributed by atoms with Crippen LogP contribution < -0.4 is 15.4 Å². The number of methoxy groups -OCH3 is 1. The van der Waals surface area contributed by atoms with Crippen LogP contribution in [0.5, 0.6) is 5.75 Å². The fraction of sp³-hybridized carbons (Fsp3) is 0.471. The molecule has 1 aromatic carbocycles. The van der Waals surface area contributed by atoms with E-state index in [1.54, 1.807) is 7.11 Å². The summed E-state index contributed by atoms with van der Waals surface area (Å²) in [4.78, 5) is 37.0. The van der Waals surface area contributed by atoms with Crippen LogP contribution in [0.1, 0.15) is 18.4 Å². The minimum absolute atomic E-state index is 0.114. The van der Waals surface area contributed by atoms with Crippen molar-refractivity contribution >= 4 is 17.8 Å². The number of carbonyl (C=O) groups excluding carboxylic acids is 3. The van der Waals surface area contributed by atoms with Crippen LogP contribution in [0.2, 0.25) is 0 Å². The second-order valence-corrected chi connectivity index (χ2v) is 5.70. The number of ether oxygens (including phenoxy) is 1. The van der Waals surface area contributed by atoms with Gasteiger partial charge in [0.15, 0.2) is 0 Å². The van der Waals surface area contributed by atoms with Gasteiger partial charge in [0.2, 0.25) is 5.91 Å². The van der Waals surface area contributed by atoms with E-state index in [1.165, 1.54) is 4.90 Å². The predicted molar refractivity (Wildman–Crippen MR) is 90.1 cm³/mol. The summed E-state index contributed by atoms with van der Waals surface area (Å²) in [6, 6.07) is 6.33. The van der Waals surface area contributed by atoms with Crippen molar-refractivity contribution in [2.75, 3.05) is 26.8 Å².